The molecule has 3 heteroatoms. The third kappa shape index (κ3) is 1.24. The van der Waals surface area contributed by atoms with Crippen LogP contribution in [0.1, 0.15) is 29.9 Å². The fourth-order valence-corrected chi connectivity index (χ4v) is 3.33. The van der Waals surface area contributed by atoms with Gasteiger partial charge in [-0.3, -0.25) is 0 Å². The average Bonchev–Trinajstić information content (AvgIpc) is 2.66. The second-order valence-electron chi connectivity index (χ2n) is 4.98. The van der Waals surface area contributed by atoms with Crippen LogP contribution >= 0.6 is 0 Å². The van der Waals surface area contributed by atoms with Crippen molar-refractivity contribution >= 4 is 0 Å². The summed E-state index contributed by atoms with van der Waals surface area (Å²) in [4.78, 5) is 2.41. The number of phenols is 2. The highest BCUT2D eigenvalue weighted by Gasteiger charge is 2.37. The molecule has 1 aromatic rings. The molecule has 1 fully saturated rings. The van der Waals surface area contributed by atoms with Crippen molar-refractivity contribution in [1.82, 2.24) is 4.90 Å². The molecule has 2 atom stereocenters. The van der Waals surface area contributed by atoms with E-state index in [0.29, 0.717) is 12.0 Å². The van der Waals surface area contributed by atoms with Crippen molar-refractivity contribution in [2.24, 2.45) is 0 Å². The van der Waals surface area contributed by atoms with Gasteiger partial charge in [0.15, 0.2) is 11.5 Å². The number of likely N-dealkylation sites (N-methyl/N-ethyl adjacent to an activating group) is 1. The molecule has 0 saturated carbocycles. The molecule has 1 aromatic carbocycles. The minimum atomic E-state index is 0.0172. The van der Waals surface area contributed by atoms with Gasteiger partial charge in [-0.05, 0) is 44.5 Å². The lowest BCUT2D eigenvalue weighted by Gasteiger charge is -2.32. The van der Waals surface area contributed by atoms with E-state index in [0.717, 1.165) is 24.9 Å². The quantitative estimate of drug-likeness (QED) is 0.654. The largest absolute Gasteiger partial charge is 0.504 e. The summed E-state index contributed by atoms with van der Waals surface area (Å²) in [6.45, 7) is 1.14. The Morgan fingerprint density at radius 2 is 2.06 bits per heavy atom. The third-order valence-corrected chi connectivity index (χ3v) is 4.21. The summed E-state index contributed by atoms with van der Waals surface area (Å²) in [5, 5.41) is 19.4. The Bertz CT molecular complexity index is 430. The lowest BCUT2D eigenvalue weighted by Crippen LogP contribution is -2.32. The maximum absolute atomic E-state index is 9.87. The molecular weight excluding hydrogens is 202 g/mol. The van der Waals surface area contributed by atoms with Crippen molar-refractivity contribution in [2.45, 2.75) is 31.2 Å². The highest BCUT2D eigenvalue weighted by atomic mass is 16.3. The summed E-state index contributed by atoms with van der Waals surface area (Å²) >= 11 is 0. The fourth-order valence-electron chi connectivity index (χ4n) is 3.33. The third-order valence-electron chi connectivity index (χ3n) is 4.21. The number of hydrogen-bond donors (Lipinski definition) is 2. The molecule has 16 heavy (non-hydrogen) atoms. The van der Waals surface area contributed by atoms with Gasteiger partial charge in [0.1, 0.15) is 0 Å². The number of benzene rings is 1. The Morgan fingerprint density at radius 3 is 2.88 bits per heavy atom. The average molecular weight is 219 g/mol. The Balaban J connectivity index is 2.08. The van der Waals surface area contributed by atoms with Gasteiger partial charge in [-0.15, -0.1) is 0 Å². The first-order valence-corrected chi connectivity index (χ1v) is 5.92. The maximum Gasteiger partial charge on any atom is 0.160 e. The molecule has 2 N–H and O–H groups in total. The Hall–Kier alpha value is -1.22. The van der Waals surface area contributed by atoms with Gasteiger partial charge in [-0.2, -0.15) is 0 Å². The number of rotatable bonds is 0. The molecule has 2 aliphatic rings. The molecule has 1 saturated heterocycles. The topological polar surface area (TPSA) is 43.7 Å². The van der Waals surface area contributed by atoms with Crippen LogP contribution < -0.4 is 0 Å². The first-order chi connectivity index (χ1) is 7.68. The zero-order chi connectivity index (χ0) is 11.3. The van der Waals surface area contributed by atoms with Crippen LogP contribution in [0.15, 0.2) is 12.1 Å². The zero-order valence-corrected chi connectivity index (χ0v) is 9.48. The van der Waals surface area contributed by atoms with Crippen LogP contribution in [0.5, 0.6) is 11.5 Å². The van der Waals surface area contributed by atoms with Crippen molar-refractivity contribution < 1.29 is 10.2 Å². The van der Waals surface area contributed by atoms with Crippen molar-refractivity contribution in [3.63, 3.8) is 0 Å². The van der Waals surface area contributed by atoms with Gasteiger partial charge in [0, 0.05) is 17.5 Å². The first kappa shape index (κ1) is 9.97. The normalized spacial score (nSPS) is 28.8. The molecule has 0 radical (unpaired) electrons. The molecule has 3 rings (SSSR count). The molecule has 1 aliphatic heterocycles. The zero-order valence-electron chi connectivity index (χ0n) is 9.48. The molecular formula is C13H17NO2. The fraction of sp³-hybridized carbons (Fsp3) is 0.538. The second kappa shape index (κ2) is 3.39. The molecule has 0 spiro atoms. The first-order valence-electron chi connectivity index (χ1n) is 5.92. The van der Waals surface area contributed by atoms with Crippen LogP contribution in [0, 0.1) is 0 Å². The van der Waals surface area contributed by atoms with Crippen LogP contribution in [-0.2, 0) is 6.42 Å². The van der Waals surface area contributed by atoms with Crippen molar-refractivity contribution in [1.29, 1.82) is 0 Å². The SMILES string of the molecule is CN1CC[C@@H]2c3ccc(O)c(O)c3CC[C@@H]21. The molecule has 1 aliphatic carbocycles. The molecule has 0 amide bonds. The smallest absolute Gasteiger partial charge is 0.160 e. The number of phenolic OH excluding ortho intramolecular Hbond substituents is 2. The summed E-state index contributed by atoms with van der Waals surface area (Å²) in [5.74, 6) is 0.661. The molecule has 1 heterocycles. The molecule has 0 bridgehead atoms. The Kier molecular flexibility index (Phi) is 2.11. The van der Waals surface area contributed by atoms with E-state index in [4.69, 9.17) is 0 Å². The minimum Gasteiger partial charge on any atom is -0.504 e. The van der Waals surface area contributed by atoms with Crippen LogP contribution in [-0.4, -0.2) is 34.7 Å². The lowest BCUT2D eigenvalue weighted by molar-refractivity contribution is 0.272. The van der Waals surface area contributed by atoms with E-state index in [1.54, 1.807) is 6.07 Å². The van der Waals surface area contributed by atoms with Gasteiger partial charge in [-0.1, -0.05) is 6.07 Å². The van der Waals surface area contributed by atoms with Gasteiger partial charge in [0.05, 0.1) is 0 Å². The Labute approximate surface area is 95.3 Å². The number of likely N-dealkylation sites (tertiary alicyclic amines) is 1. The van der Waals surface area contributed by atoms with E-state index in [1.165, 1.54) is 12.0 Å². The highest BCUT2D eigenvalue weighted by molar-refractivity contribution is 5.52. The summed E-state index contributed by atoms with van der Waals surface area (Å²) < 4.78 is 0. The summed E-state index contributed by atoms with van der Waals surface area (Å²) in [7, 11) is 2.18. The second-order valence-corrected chi connectivity index (χ2v) is 4.98. The van der Waals surface area contributed by atoms with Gasteiger partial charge in [0.25, 0.3) is 0 Å². The highest BCUT2D eigenvalue weighted by Crippen LogP contribution is 2.45. The molecule has 0 aromatic heterocycles. The van der Waals surface area contributed by atoms with E-state index >= 15 is 0 Å². The van der Waals surface area contributed by atoms with Crippen molar-refractivity contribution in [3.8, 4) is 11.5 Å². The van der Waals surface area contributed by atoms with Gasteiger partial charge in [-0.25, -0.2) is 0 Å². The predicted molar refractivity (Wildman–Crippen MR) is 61.9 cm³/mol. The van der Waals surface area contributed by atoms with Gasteiger partial charge < -0.3 is 15.1 Å². The van der Waals surface area contributed by atoms with Crippen LogP contribution in [0.3, 0.4) is 0 Å². The van der Waals surface area contributed by atoms with E-state index in [2.05, 4.69) is 11.9 Å². The molecule has 86 valence electrons. The van der Waals surface area contributed by atoms with E-state index < -0.39 is 0 Å². The van der Waals surface area contributed by atoms with Gasteiger partial charge >= 0.3 is 0 Å². The Morgan fingerprint density at radius 1 is 1.25 bits per heavy atom. The maximum atomic E-state index is 9.87. The predicted octanol–water partition coefficient (Wildman–Crippen LogP) is 1.83. The van der Waals surface area contributed by atoms with Gasteiger partial charge in [0.2, 0.25) is 0 Å². The van der Waals surface area contributed by atoms with Crippen LogP contribution in [0.2, 0.25) is 0 Å². The van der Waals surface area contributed by atoms with E-state index in [1.807, 2.05) is 6.07 Å². The summed E-state index contributed by atoms with van der Waals surface area (Å²) in [6.07, 6.45) is 3.13. The molecule has 3 nitrogen and oxygen atoms in total. The van der Waals surface area contributed by atoms with Crippen LogP contribution in [0.25, 0.3) is 0 Å². The van der Waals surface area contributed by atoms with E-state index in [9.17, 15) is 10.2 Å². The van der Waals surface area contributed by atoms with Crippen molar-refractivity contribution in [2.75, 3.05) is 13.6 Å². The number of nitrogens with zero attached hydrogens (tertiary/aromatic N) is 1. The monoisotopic (exact) mass is 219 g/mol. The number of hydrogen-bond acceptors (Lipinski definition) is 3. The summed E-state index contributed by atoms with van der Waals surface area (Å²) in [5.41, 5.74) is 2.22. The minimum absolute atomic E-state index is 0.0172. The lowest BCUT2D eigenvalue weighted by atomic mass is 9.79. The van der Waals surface area contributed by atoms with Crippen molar-refractivity contribution in [3.05, 3.63) is 23.3 Å². The molecule has 0 unspecified atom stereocenters. The number of fused-ring (bicyclic) bond motifs is 3. The number of aromatic hydroxyl groups is 2. The van der Waals surface area contributed by atoms with E-state index in [-0.39, 0.29) is 11.5 Å². The standard InChI is InChI=1S/C13H17NO2/c1-14-7-6-9-8-3-5-12(15)13(16)10(8)2-4-11(9)14/h3,5,9,11,15-16H,2,4,6-7H2,1H3/t9-,11+/m1/s1. The van der Waals surface area contributed by atoms with Crippen LogP contribution in [0.4, 0.5) is 0 Å². The summed E-state index contributed by atoms with van der Waals surface area (Å²) in [6, 6.07) is 4.23.